The summed E-state index contributed by atoms with van der Waals surface area (Å²) in [5.74, 6) is -0.485. The molecule has 0 aliphatic rings. The molecule has 2 rings (SSSR count). The minimum absolute atomic E-state index is 0.167. The summed E-state index contributed by atoms with van der Waals surface area (Å²) >= 11 is 0. The van der Waals surface area contributed by atoms with Gasteiger partial charge in [0.15, 0.2) is 0 Å². The summed E-state index contributed by atoms with van der Waals surface area (Å²) in [5.41, 5.74) is 1.03. The summed E-state index contributed by atoms with van der Waals surface area (Å²) in [5, 5.41) is 11.8. The molecule has 1 aromatic carbocycles. The molecule has 130 valence electrons. The maximum absolute atomic E-state index is 12.4. The Bertz CT molecular complexity index is 964. The maximum Gasteiger partial charge on any atom is 0.331 e. The monoisotopic (exact) mass is 340 g/mol. The van der Waals surface area contributed by atoms with Crippen LogP contribution >= 0.6 is 0 Å². The zero-order valence-electron chi connectivity index (χ0n) is 14.5. The zero-order chi connectivity index (χ0) is 18.6. The Balaban J connectivity index is 2.39. The molecule has 0 spiro atoms. The maximum atomic E-state index is 12.4. The van der Waals surface area contributed by atoms with E-state index in [9.17, 15) is 14.4 Å². The summed E-state index contributed by atoms with van der Waals surface area (Å²) in [6.07, 6.45) is 1.96. The summed E-state index contributed by atoms with van der Waals surface area (Å²) in [6.45, 7) is 5.43. The third-order valence-electron chi connectivity index (χ3n) is 4.00. The number of carbonyl (C=O) groups is 1. The van der Waals surface area contributed by atoms with Gasteiger partial charge in [-0.25, -0.2) is 9.36 Å². The van der Waals surface area contributed by atoms with E-state index in [4.69, 9.17) is 5.26 Å². The number of aromatic nitrogens is 2. The van der Waals surface area contributed by atoms with Crippen molar-refractivity contribution in [2.75, 3.05) is 5.32 Å². The first-order chi connectivity index (χ1) is 11.9. The average Bonchev–Trinajstić information content (AvgIpc) is 2.60. The van der Waals surface area contributed by atoms with Gasteiger partial charge in [0.25, 0.3) is 5.56 Å². The van der Waals surface area contributed by atoms with Crippen molar-refractivity contribution < 1.29 is 4.79 Å². The highest BCUT2D eigenvalue weighted by Gasteiger charge is 2.15. The first-order valence-corrected chi connectivity index (χ1v) is 8.05. The summed E-state index contributed by atoms with van der Waals surface area (Å²) < 4.78 is 2.03. The highest BCUT2D eigenvalue weighted by atomic mass is 16.2. The Morgan fingerprint density at radius 1 is 1.28 bits per heavy atom. The first-order valence-electron chi connectivity index (χ1n) is 8.05. The quantitative estimate of drug-likeness (QED) is 0.890. The normalized spacial score (nSPS) is 10.3. The van der Waals surface area contributed by atoms with Gasteiger partial charge in [-0.1, -0.05) is 25.1 Å². The Labute approximate surface area is 145 Å². The van der Waals surface area contributed by atoms with Crippen LogP contribution in [0.5, 0.6) is 0 Å². The van der Waals surface area contributed by atoms with E-state index < -0.39 is 23.7 Å². The zero-order valence-corrected chi connectivity index (χ0v) is 14.5. The number of para-hydroxylation sites is 1. The second-order valence-electron chi connectivity index (χ2n) is 5.63. The molecule has 0 saturated carbocycles. The molecule has 7 nitrogen and oxygen atoms in total. The Morgan fingerprint density at radius 2 is 2.00 bits per heavy atom. The number of nitrogens with one attached hydrogen (secondary N) is 1. The fraction of sp³-hybridized carbons (Fsp3) is 0.333. The van der Waals surface area contributed by atoms with Crippen LogP contribution in [0.3, 0.4) is 0 Å². The summed E-state index contributed by atoms with van der Waals surface area (Å²) in [7, 11) is 0. The van der Waals surface area contributed by atoms with E-state index in [1.165, 1.54) is 10.8 Å². The third kappa shape index (κ3) is 3.69. The number of nitrogens with zero attached hydrogens (tertiary/aromatic N) is 3. The van der Waals surface area contributed by atoms with Gasteiger partial charge in [0.05, 0.1) is 0 Å². The number of benzene rings is 1. The van der Waals surface area contributed by atoms with Gasteiger partial charge >= 0.3 is 5.69 Å². The molecule has 0 saturated heterocycles. The minimum Gasteiger partial charge on any atom is -0.324 e. The second-order valence-corrected chi connectivity index (χ2v) is 5.63. The van der Waals surface area contributed by atoms with E-state index in [2.05, 4.69) is 5.32 Å². The highest BCUT2D eigenvalue weighted by molar-refractivity contribution is 5.92. The molecule has 1 N–H and O–H groups in total. The van der Waals surface area contributed by atoms with Gasteiger partial charge in [0, 0.05) is 18.4 Å². The predicted molar refractivity (Wildman–Crippen MR) is 94.5 cm³/mol. The van der Waals surface area contributed by atoms with Gasteiger partial charge in [0.2, 0.25) is 5.91 Å². The number of nitriles is 1. The molecule has 0 fully saturated rings. The lowest BCUT2D eigenvalue weighted by Crippen LogP contribution is -2.43. The van der Waals surface area contributed by atoms with Gasteiger partial charge in [-0.05, 0) is 31.4 Å². The van der Waals surface area contributed by atoms with E-state index in [0.717, 1.165) is 22.1 Å². The number of carbonyl (C=O) groups excluding carboxylic acids is 1. The lowest BCUT2D eigenvalue weighted by molar-refractivity contribution is -0.116. The Kier molecular flexibility index (Phi) is 5.55. The summed E-state index contributed by atoms with van der Waals surface area (Å²) in [4.78, 5) is 36.9. The fourth-order valence-electron chi connectivity index (χ4n) is 2.62. The lowest BCUT2D eigenvalue weighted by atomic mass is 10.1. The van der Waals surface area contributed by atoms with Gasteiger partial charge in [0.1, 0.15) is 18.2 Å². The Hall–Kier alpha value is -3.14. The van der Waals surface area contributed by atoms with Crippen LogP contribution in [0, 0.1) is 18.3 Å². The molecule has 1 aromatic heterocycles. The number of hydrogen-bond donors (Lipinski definition) is 1. The number of hydrogen-bond acceptors (Lipinski definition) is 4. The van der Waals surface area contributed by atoms with Gasteiger partial charge in [-0.2, -0.15) is 5.26 Å². The van der Waals surface area contributed by atoms with Crippen LogP contribution in [0.1, 0.15) is 30.5 Å². The van der Waals surface area contributed by atoms with Crippen molar-refractivity contribution >= 4 is 11.6 Å². The van der Waals surface area contributed by atoms with Crippen LogP contribution in [0.25, 0.3) is 0 Å². The van der Waals surface area contributed by atoms with Gasteiger partial charge in [-0.15, -0.1) is 0 Å². The van der Waals surface area contributed by atoms with Gasteiger partial charge < -0.3 is 5.32 Å². The van der Waals surface area contributed by atoms with E-state index in [0.29, 0.717) is 12.2 Å². The molecular formula is C18H20N4O3. The van der Waals surface area contributed by atoms with Crippen molar-refractivity contribution in [2.24, 2.45) is 0 Å². The van der Waals surface area contributed by atoms with Crippen molar-refractivity contribution in [1.29, 1.82) is 5.26 Å². The van der Waals surface area contributed by atoms with E-state index >= 15 is 0 Å². The molecule has 1 amide bonds. The predicted octanol–water partition coefficient (Wildman–Crippen LogP) is 1.41. The van der Waals surface area contributed by atoms with Crippen molar-refractivity contribution in [3.05, 3.63) is 61.9 Å². The van der Waals surface area contributed by atoms with Gasteiger partial charge in [-0.3, -0.25) is 14.2 Å². The Morgan fingerprint density at radius 3 is 2.60 bits per heavy atom. The van der Waals surface area contributed by atoms with E-state index in [1.54, 1.807) is 13.0 Å². The third-order valence-corrected chi connectivity index (χ3v) is 4.00. The van der Waals surface area contributed by atoms with E-state index in [-0.39, 0.29) is 5.56 Å². The van der Waals surface area contributed by atoms with Crippen LogP contribution in [0.2, 0.25) is 0 Å². The molecule has 0 aliphatic heterocycles. The molecule has 0 bridgehead atoms. The highest BCUT2D eigenvalue weighted by Crippen LogP contribution is 2.20. The smallest absolute Gasteiger partial charge is 0.324 e. The molecule has 7 heteroatoms. The molecule has 0 aliphatic carbocycles. The standard InChI is InChI=1S/C18H20N4O3/c1-4-13-8-6-7-12(3)16(13)20-15(23)11-22-17(24)14(9-19)10-21(5-2)18(22)25/h6-8,10H,4-5,11H2,1-3H3,(H,20,23). The molecule has 0 radical (unpaired) electrons. The number of aryl methyl sites for hydroxylation is 3. The molecule has 2 aromatic rings. The number of rotatable bonds is 5. The molecule has 25 heavy (non-hydrogen) atoms. The largest absolute Gasteiger partial charge is 0.331 e. The minimum atomic E-state index is -0.757. The topological polar surface area (TPSA) is 96.9 Å². The first kappa shape index (κ1) is 18.2. The molecule has 0 unspecified atom stereocenters. The average molecular weight is 340 g/mol. The van der Waals surface area contributed by atoms with E-state index in [1.807, 2.05) is 32.0 Å². The molecule has 0 atom stereocenters. The van der Waals surface area contributed by atoms with Crippen molar-refractivity contribution in [2.45, 2.75) is 40.3 Å². The van der Waals surface area contributed by atoms with Crippen LogP contribution in [-0.4, -0.2) is 15.0 Å². The fourth-order valence-corrected chi connectivity index (χ4v) is 2.62. The van der Waals surface area contributed by atoms with Crippen molar-refractivity contribution in [3.63, 3.8) is 0 Å². The number of anilines is 1. The van der Waals surface area contributed by atoms with Crippen molar-refractivity contribution in [1.82, 2.24) is 9.13 Å². The lowest BCUT2D eigenvalue weighted by Gasteiger charge is -2.14. The van der Waals surface area contributed by atoms with Crippen molar-refractivity contribution in [3.8, 4) is 6.07 Å². The number of amides is 1. The van der Waals surface area contributed by atoms with Crippen LogP contribution in [0.15, 0.2) is 34.0 Å². The SMILES string of the molecule is CCc1cccc(C)c1NC(=O)Cn1c(=O)c(C#N)cn(CC)c1=O. The van der Waals surface area contributed by atoms with Crippen LogP contribution < -0.4 is 16.6 Å². The van der Waals surface area contributed by atoms with Crippen LogP contribution in [-0.2, 0) is 24.3 Å². The molecular weight excluding hydrogens is 320 g/mol. The summed E-state index contributed by atoms with van der Waals surface area (Å²) in [6, 6.07) is 7.46. The second kappa shape index (κ2) is 7.62. The molecule has 1 heterocycles. The van der Waals surface area contributed by atoms with Crippen LogP contribution in [0.4, 0.5) is 5.69 Å².